The van der Waals surface area contributed by atoms with E-state index in [0.29, 0.717) is 18.7 Å². The second-order valence-electron chi connectivity index (χ2n) is 3.76. The number of aliphatic imine (C=N–C) groups is 1. The number of thioether (sulfide) groups is 1. The quantitative estimate of drug-likeness (QED) is 0.276. The maximum absolute atomic E-state index is 11.0. The molecule has 102 valence electrons. The molecule has 0 radical (unpaired) electrons. The van der Waals surface area contributed by atoms with E-state index in [1.54, 1.807) is 19.3 Å². The standard InChI is InChI=1S/C10H18N3O3PS/c1-11-9(12-17)2-3-13(6-15)10-8(16)4-7(5-14)18-10/h2-3,6-8,10,14,16H,4-5,17H2,1H3,(H,11,12)/b3-2-. The maximum Gasteiger partial charge on any atom is 0.214 e. The van der Waals surface area contributed by atoms with Gasteiger partial charge in [-0.25, -0.2) is 0 Å². The predicted octanol–water partition coefficient (Wildman–Crippen LogP) is -0.449. The SMILES string of the molecule is CN=C(/C=C\N(C=O)C1SC(CO)CC1O)NP. The van der Waals surface area contributed by atoms with Crippen LogP contribution in [0.4, 0.5) is 0 Å². The van der Waals surface area contributed by atoms with Crippen LogP contribution in [0.5, 0.6) is 0 Å². The second kappa shape index (κ2) is 7.74. The molecular weight excluding hydrogens is 273 g/mol. The summed E-state index contributed by atoms with van der Waals surface area (Å²) in [6.45, 7) is 0.00343. The number of hydrogen-bond donors (Lipinski definition) is 3. The molecule has 1 heterocycles. The molecule has 0 aromatic heterocycles. The van der Waals surface area contributed by atoms with E-state index in [4.69, 9.17) is 5.11 Å². The summed E-state index contributed by atoms with van der Waals surface area (Å²) in [4.78, 5) is 16.4. The van der Waals surface area contributed by atoms with Crippen LogP contribution in [-0.2, 0) is 4.79 Å². The summed E-state index contributed by atoms with van der Waals surface area (Å²) in [5.74, 6) is 0.600. The summed E-state index contributed by atoms with van der Waals surface area (Å²) in [6, 6.07) is 0. The van der Waals surface area contributed by atoms with Gasteiger partial charge >= 0.3 is 0 Å². The molecule has 1 aliphatic heterocycles. The number of hydrogen-bond acceptors (Lipinski definition) is 5. The minimum atomic E-state index is -0.632. The highest BCUT2D eigenvalue weighted by molar-refractivity contribution is 8.00. The molecule has 1 saturated heterocycles. The lowest BCUT2D eigenvalue weighted by molar-refractivity contribution is -0.117. The number of carbonyl (C=O) groups excluding carboxylic acids is 1. The zero-order valence-corrected chi connectivity index (χ0v) is 12.0. The summed E-state index contributed by atoms with van der Waals surface area (Å²) in [7, 11) is 3.94. The first-order chi connectivity index (χ1) is 8.65. The molecule has 3 N–H and O–H groups in total. The van der Waals surface area contributed by atoms with Crippen molar-refractivity contribution in [3.8, 4) is 0 Å². The Bertz CT molecular complexity index is 340. The van der Waals surface area contributed by atoms with Crippen LogP contribution in [0.1, 0.15) is 6.42 Å². The van der Waals surface area contributed by atoms with E-state index >= 15 is 0 Å². The molecule has 1 fully saturated rings. The first-order valence-corrected chi connectivity index (χ1v) is 6.97. The number of amidine groups is 1. The van der Waals surface area contributed by atoms with Crippen LogP contribution in [0.15, 0.2) is 17.3 Å². The lowest BCUT2D eigenvalue weighted by Crippen LogP contribution is -2.34. The molecule has 1 rings (SSSR count). The van der Waals surface area contributed by atoms with Gasteiger partial charge in [0, 0.05) is 18.5 Å². The summed E-state index contributed by atoms with van der Waals surface area (Å²) < 4.78 is 0. The predicted molar refractivity (Wildman–Crippen MR) is 76.1 cm³/mol. The Morgan fingerprint density at radius 2 is 2.44 bits per heavy atom. The maximum atomic E-state index is 11.0. The molecule has 4 unspecified atom stereocenters. The Morgan fingerprint density at radius 3 is 2.89 bits per heavy atom. The highest BCUT2D eigenvalue weighted by Gasteiger charge is 2.36. The van der Waals surface area contributed by atoms with Gasteiger partial charge in [0.25, 0.3) is 0 Å². The number of aliphatic hydroxyl groups is 2. The van der Waals surface area contributed by atoms with Crippen molar-refractivity contribution < 1.29 is 15.0 Å². The van der Waals surface area contributed by atoms with Crippen molar-refractivity contribution in [2.45, 2.75) is 23.1 Å². The molecule has 6 nitrogen and oxygen atoms in total. The Kier molecular flexibility index (Phi) is 6.63. The van der Waals surface area contributed by atoms with Crippen molar-refractivity contribution in [3.05, 3.63) is 12.3 Å². The Labute approximate surface area is 113 Å². The van der Waals surface area contributed by atoms with Gasteiger partial charge in [-0.2, -0.15) is 0 Å². The monoisotopic (exact) mass is 291 g/mol. The van der Waals surface area contributed by atoms with Crippen LogP contribution < -0.4 is 5.09 Å². The smallest absolute Gasteiger partial charge is 0.214 e. The molecule has 1 aliphatic rings. The summed E-state index contributed by atoms with van der Waals surface area (Å²) in [5, 5.41) is 21.3. The largest absolute Gasteiger partial charge is 0.395 e. The molecule has 0 spiro atoms. The molecule has 0 aliphatic carbocycles. The van der Waals surface area contributed by atoms with Gasteiger partial charge < -0.3 is 20.2 Å². The number of rotatable bonds is 5. The number of nitrogens with zero attached hydrogens (tertiary/aromatic N) is 2. The van der Waals surface area contributed by atoms with Crippen molar-refractivity contribution >= 4 is 33.4 Å². The van der Waals surface area contributed by atoms with Gasteiger partial charge in [0.2, 0.25) is 6.41 Å². The summed E-state index contributed by atoms with van der Waals surface area (Å²) in [5.41, 5.74) is 0. The molecule has 0 aromatic carbocycles. The van der Waals surface area contributed by atoms with Gasteiger partial charge in [-0.15, -0.1) is 11.8 Å². The molecule has 4 atom stereocenters. The summed E-state index contributed by atoms with van der Waals surface area (Å²) in [6.07, 6.45) is 3.72. The minimum Gasteiger partial charge on any atom is -0.395 e. The fourth-order valence-corrected chi connectivity index (χ4v) is 3.21. The van der Waals surface area contributed by atoms with Crippen LogP contribution in [0, 0.1) is 0 Å². The number of carbonyl (C=O) groups is 1. The van der Waals surface area contributed by atoms with E-state index < -0.39 is 6.10 Å². The molecule has 8 heteroatoms. The van der Waals surface area contributed by atoms with Crippen molar-refractivity contribution in [1.82, 2.24) is 9.99 Å². The molecule has 0 aromatic rings. The van der Waals surface area contributed by atoms with Gasteiger partial charge in [-0.05, 0) is 21.9 Å². The third kappa shape index (κ3) is 3.95. The minimum absolute atomic E-state index is 0.00343. The fraction of sp³-hybridized carbons (Fsp3) is 0.600. The average Bonchev–Trinajstić information content (AvgIpc) is 2.76. The zero-order valence-electron chi connectivity index (χ0n) is 10.1. The van der Waals surface area contributed by atoms with Crippen LogP contribution in [-0.4, -0.2) is 57.7 Å². The Hall–Kier alpha value is -0.620. The molecule has 0 saturated carbocycles. The van der Waals surface area contributed by atoms with Crippen molar-refractivity contribution in [1.29, 1.82) is 0 Å². The number of amides is 1. The summed E-state index contributed by atoms with van der Waals surface area (Å²) >= 11 is 1.40. The number of nitrogens with one attached hydrogen (secondary N) is 1. The van der Waals surface area contributed by atoms with Crippen LogP contribution in [0.3, 0.4) is 0 Å². The van der Waals surface area contributed by atoms with E-state index in [1.807, 2.05) is 0 Å². The van der Waals surface area contributed by atoms with Crippen LogP contribution >= 0.6 is 21.2 Å². The highest BCUT2D eigenvalue weighted by Crippen LogP contribution is 2.35. The third-order valence-corrected chi connectivity index (χ3v) is 4.44. The van der Waals surface area contributed by atoms with Crippen molar-refractivity contribution in [2.75, 3.05) is 13.7 Å². The molecule has 1 amide bonds. The Balaban J connectivity index is 2.69. The van der Waals surface area contributed by atoms with E-state index in [-0.39, 0.29) is 17.2 Å². The normalized spacial score (nSPS) is 28.7. The van der Waals surface area contributed by atoms with Crippen LogP contribution in [0.25, 0.3) is 0 Å². The first-order valence-electron chi connectivity index (χ1n) is 5.45. The van der Waals surface area contributed by atoms with Gasteiger partial charge in [0.05, 0.1) is 12.7 Å². The second-order valence-corrected chi connectivity index (χ2v) is 5.47. The molecular formula is C10H18N3O3PS. The fourth-order valence-electron chi connectivity index (χ4n) is 1.64. The van der Waals surface area contributed by atoms with Gasteiger partial charge in [0.1, 0.15) is 11.2 Å². The van der Waals surface area contributed by atoms with Gasteiger partial charge in [-0.1, -0.05) is 0 Å². The van der Waals surface area contributed by atoms with Crippen LogP contribution in [0.2, 0.25) is 0 Å². The van der Waals surface area contributed by atoms with E-state index in [0.717, 1.165) is 0 Å². The molecule has 0 bridgehead atoms. The zero-order chi connectivity index (χ0) is 13.5. The topological polar surface area (TPSA) is 85.2 Å². The van der Waals surface area contributed by atoms with E-state index in [1.165, 1.54) is 16.7 Å². The highest BCUT2D eigenvalue weighted by atomic mass is 32.2. The average molecular weight is 291 g/mol. The Morgan fingerprint density at radius 1 is 1.72 bits per heavy atom. The lowest BCUT2D eigenvalue weighted by Gasteiger charge is -2.23. The van der Waals surface area contributed by atoms with Gasteiger partial charge in [-0.3, -0.25) is 9.79 Å². The molecule has 18 heavy (non-hydrogen) atoms. The van der Waals surface area contributed by atoms with Gasteiger partial charge in [0.15, 0.2) is 0 Å². The third-order valence-electron chi connectivity index (χ3n) is 2.58. The number of aliphatic hydroxyl groups excluding tert-OH is 2. The van der Waals surface area contributed by atoms with E-state index in [9.17, 15) is 9.90 Å². The first kappa shape index (κ1) is 15.4. The van der Waals surface area contributed by atoms with E-state index in [2.05, 4.69) is 19.5 Å². The van der Waals surface area contributed by atoms with Crippen molar-refractivity contribution in [2.24, 2.45) is 4.99 Å². The van der Waals surface area contributed by atoms with Crippen molar-refractivity contribution in [3.63, 3.8) is 0 Å². The lowest BCUT2D eigenvalue weighted by atomic mass is 10.2.